The number of unbranched alkanes of at least 4 members (excludes halogenated alkanes) is 1. The highest BCUT2D eigenvalue weighted by Gasteiger charge is 2.22. The van der Waals surface area contributed by atoms with E-state index in [0.717, 1.165) is 63.8 Å². The average molecular weight is 501 g/mol. The van der Waals surface area contributed by atoms with E-state index in [1.165, 1.54) is 0 Å². The number of fused-ring (bicyclic) bond motifs is 1. The summed E-state index contributed by atoms with van der Waals surface area (Å²) in [5.74, 6) is 0. The zero-order valence-electron chi connectivity index (χ0n) is 18.6. The van der Waals surface area contributed by atoms with E-state index >= 15 is 0 Å². The Labute approximate surface area is 196 Å². The van der Waals surface area contributed by atoms with Crippen LogP contribution >= 0.6 is 15.9 Å². The van der Waals surface area contributed by atoms with E-state index in [4.69, 9.17) is 14.6 Å². The Morgan fingerprint density at radius 1 is 1.22 bits per heavy atom. The number of hydrogen-bond donors (Lipinski definition) is 0. The summed E-state index contributed by atoms with van der Waals surface area (Å²) in [5, 5.41) is 4.95. The molecule has 7 nitrogen and oxygen atoms in total. The largest absolute Gasteiger partial charge is 0.443 e. The van der Waals surface area contributed by atoms with Crippen LogP contribution in [0.3, 0.4) is 0 Å². The molecule has 0 unspecified atom stereocenters. The predicted molar refractivity (Wildman–Crippen MR) is 127 cm³/mol. The van der Waals surface area contributed by atoms with Crippen LogP contribution < -0.4 is 0 Å². The van der Waals surface area contributed by atoms with Gasteiger partial charge in [-0.25, -0.2) is 9.31 Å². The van der Waals surface area contributed by atoms with E-state index in [2.05, 4.69) is 53.0 Å². The van der Waals surface area contributed by atoms with Crippen LogP contribution in [0.2, 0.25) is 0 Å². The van der Waals surface area contributed by atoms with Crippen molar-refractivity contribution in [1.82, 2.24) is 19.5 Å². The van der Waals surface area contributed by atoms with Gasteiger partial charge in [-0.3, -0.25) is 4.98 Å². The zero-order valence-corrected chi connectivity index (χ0v) is 20.2. The van der Waals surface area contributed by atoms with Gasteiger partial charge in [0.1, 0.15) is 12.3 Å². The molecule has 32 heavy (non-hydrogen) atoms. The van der Waals surface area contributed by atoms with Crippen molar-refractivity contribution in [1.29, 1.82) is 0 Å². The van der Waals surface area contributed by atoms with E-state index in [0.29, 0.717) is 26.3 Å². The quantitative estimate of drug-likeness (QED) is 0.454. The fourth-order valence-corrected chi connectivity index (χ4v) is 4.47. The first-order valence-corrected chi connectivity index (χ1v) is 12.0. The van der Waals surface area contributed by atoms with E-state index in [1.54, 1.807) is 11.1 Å². The summed E-state index contributed by atoms with van der Waals surface area (Å²) in [6, 6.07) is 6.32. The molecule has 1 aliphatic rings. The standard InChI is InChI=1S/C24H29BrN4O3/c1-3-5-6-20-21(16-32-24(30)28-9-11-31-12-10-28)27-29-19(4-2)7-8-22(29)23(20)17-13-18(25)15-26-14-17/h7-8,13-15H,3-6,9-12,16H2,1-2H3. The normalized spacial score (nSPS) is 14.2. The van der Waals surface area contributed by atoms with Crippen LogP contribution in [-0.4, -0.2) is 51.9 Å². The summed E-state index contributed by atoms with van der Waals surface area (Å²) in [6.45, 7) is 6.64. The molecule has 4 rings (SSSR count). The first kappa shape index (κ1) is 22.7. The molecular weight excluding hydrogens is 472 g/mol. The molecule has 8 heteroatoms. The number of halogens is 1. The number of ether oxygens (including phenoxy) is 2. The molecule has 0 saturated carbocycles. The number of nitrogens with zero attached hydrogens (tertiary/aromatic N) is 4. The maximum Gasteiger partial charge on any atom is 0.410 e. The lowest BCUT2D eigenvalue weighted by Crippen LogP contribution is -2.41. The Balaban J connectivity index is 1.78. The van der Waals surface area contributed by atoms with E-state index in [1.807, 2.05) is 10.7 Å². The van der Waals surface area contributed by atoms with Crippen LogP contribution in [0.15, 0.2) is 35.1 Å². The molecule has 3 aromatic heterocycles. The molecule has 1 aliphatic heterocycles. The first-order valence-electron chi connectivity index (χ1n) is 11.2. The minimum absolute atomic E-state index is 0.140. The second-order valence-electron chi connectivity index (χ2n) is 7.92. The van der Waals surface area contributed by atoms with Gasteiger partial charge in [0.25, 0.3) is 0 Å². The van der Waals surface area contributed by atoms with E-state index in [-0.39, 0.29) is 12.7 Å². The smallest absolute Gasteiger partial charge is 0.410 e. The number of rotatable bonds is 7. The van der Waals surface area contributed by atoms with Crippen molar-refractivity contribution in [3.8, 4) is 11.1 Å². The van der Waals surface area contributed by atoms with Gasteiger partial charge < -0.3 is 14.4 Å². The SMILES string of the molecule is CCCCc1c(COC(=O)N2CCOCC2)nn2c(CC)ccc2c1-c1cncc(Br)c1. The van der Waals surface area contributed by atoms with Crippen molar-refractivity contribution in [2.24, 2.45) is 0 Å². The molecular formula is C24H29BrN4O3. The monoisotopic (exact) mass is 500 g/mol. The summed E-state index contributed by atoms with van der Waals surface area (Å²) in [6.07, 6.45) is 7.17. The molecule has 170 valence electrons. The Morgan fingerprint density at radius 2 is 2.03 bits per heavy atom. The van der Waals surface area contributed by atoms with Crippen LogP contribution in [-0.2, 0) is 28.9 Å². The number of carbonyl (C=O) groups excluding carboxylic acids is 1. The maximum atomic E-state index is 12.6. The van der Waals surface area contributed by atoms with Crippen LogP contribution in [0.5, 0.6) is 0 Å². The molecule has 4 heterocycles. The fraction of sp³-hybridized carbons (Fsp3) is 0.458. The lowest BCUT2D eigenvalue weighted by atomic mass is 9.96. The molecule has 1 amide bonds. The van der Waals surface area contributed by atoms with Gasteiger partial charge in [0, 0.05) is 46.8 Å². The van der Waals surface area contributed by atoms with Crippen molar-refractivity contribution in [2.45, 2.75) is 46.1 Å². The van der Waals surface area contributed by atoms with Crippen molar-refractivity contribution in [3.63, 3.8) is 0 Å². The predicted octanol–water partition coefficient (Wildman–Crippen LogP) is 5.03. The zero-order chi connectivity index (χ0) is 22.5. The van der Waals surface area contributed by atoms with Crippen LogP contribution in [0.4, 0.5) is 4.79 Å². The van der Waals surface area contributed by atoms with Gasteiger partial charge in [0.2, 0.25) is 0 Å². The minimum Gasteiger partial charge on any atom is -0.443 e. The van der Waals surface area contributed by atoms with Crippen molar-refractivity contribution >= 4 is 27.5 Å². The highest BCUT2D eigenvalue weighted by Crippen LogP contribution is 2.33. The van der Waals surface area contributed by atoms with E-state index in [9.17, 15) is 4.79 Å². The van der Waals surface area contributed by atoms with Crippen molar-refractivity contribution in [2.75, 3.05) is 26.3 Å². The Morgan fingerprint density at radius 3 is 2.75 bits per heavy atom. The Bertz CT molecular complexity index is 1090. The van der Waals surface area contributed by atoms with Gasteiger partial charge in [0.15, 0.2) is 0 Å². The molecule has 1 fully saturated rings. The molecule has 3 aromatic rings. The van der Waals surface area contributed by atoms with Gasteiger partial charge in [-0.2, -0.15) is 5.10 Å². The van der Waals surface area contributed by atoms with Gasteiger partial charge in [0.05, 0.1) is 18.7 Å². The third-order valence-electron chi connectivity index (χ3n) is 5.80. The minimum atomic E-state index is -0.314. The van der Waals surface area contributed by atoms with Gasteiger partial charge in [-0.15, -0.1) is 0 Å². The second kappa shape index (κ2) is 10.4. The van der Waals surface area contributed by atoms with Gasteiger partial charge >= 0.3 is 6.09 Å². The molecule has 0 aromatic carbocycles. The Kier molecular flexibility index (Phi) is 7.42. The first-order chi connectivity index (χ1) is 15.6. The maximum absolute atomic E-state index is 12.6. The molecule has 0 N–H and O–H groups in total. The third kappa shape index (κ3) is 4.81. The number of aryl methyl sites for hydroxylation is 1. The lowest BCUT2D eigenvalue weighted by molar-refractivity contribution is 0.0245. The number of hydrogen-bond acceptors (Lipinski definition) is 5. The second-order valence-corrected chi connectivity index (χ2v) is 8.84. The molecule has 0 bridgehead atoms. The highest BCUT2D eigenvalue weighted by molar-refractivity contribution is 9.10. The lowest BCUT2D eigenvalue weighted by Gasteiger charge is -2.26. The molecule has 1 saturated heterocycles. The van der Waals surface area contributed by atoms with Gasteiger partial charge in [-0.1, -0.05) is 20.3 Å². The van der Waals surface area contributed by atoms with Crippen LogP contribution in [0.25, 0.3) is 16.6 Å². The van der Waals surface area contributed by atoms with Gasteiger partial charge in [-0.05, 0) is 59.0 Å². The average Bonchev–Trinajstić information content (AvgIpc) is 3.23. The summed E-state index contributed by atoms with van der Waals surface area (Å²) in [7, 11) is 0. The topological polar surface area (TPSA) is 69.0 Å². The summed E-state index contributed by atoms with van der Waals surface area (Å²) >= 11 is 3.56. The number of aromatic nitrogens is 3. The van der Waals surface area contributed by atoms with Crippen LogP contribution in [0, 0.1) is 0 Å². The number of pyridine rings is 1. The summed E-state index contributed by atoms with van der Waals surface area (Å²) < 4.78 is 14.0. The van der Waals surface area contributed by atoms with Crippen molar-refractivity contribution in [3.05, 3.63) is 52.0 Å². The summed E-state index contributed by atoms with van der Waals surface area (Å²) in [4.78, 5) is 18.7. The molecule has 0 radical (unpaired) electrons. The van der Waals surface area contributed by atoms with Crippen molar-refractivity contribution < 1.29 is 14.3 Å². The van der Waals surface area contributed by atoms with Crippen LogP contribution in [0.1, 0.15) is 43.6 Å². The number of carbonyl (C=O) groups is 1. The fourth-order valence-electron chi connectivity index (χ4n) is 4.10. The molecule has 0 atom stereocenters. The highest BCUT2D eigenvalue weighted by atomic mass is 79.9. The summed E-state index contributed by atoms with van der Waals surface area (Å²) in [5.41, 5.74) is 6.23. The molecule has 0 aliphatic carbocycles. The van der Waals surface area contributed by atoms with E-state index < -0.39 is 0 Å². The Hall–Kier alpha value is -2.45. The molecule has 0 spiro atoms. The third-order valence-corrected chi connectivity index (χ3v) is 6.23. The number of morpholine rings is 1. The number of amides is 1.